The van der Waals surface area contributed by atoms with Crippen LogP contribution in [0.3, 0.4) is 0 Å². The molecular formula is C13H18N2O3. The first kappa shape index (κ1) is 11.7. The van der Waals surface area contributed by atoms with Crippen LogP contribution in [0.5, 0.6) is 0 Å². The zero-order valence-corrected chi connectivity index (χ0v) is 10.6. The third kappa shape index (κ3) is 1.64. The number of amides is 4. The van der Waals surface area contributed by atoms with Crippen molar-refractivity contribution in [2.45, 2.75) is 39.0 Å². The van der Waals surface area contributed by atoms with Gasteiger partial charge in [-0.15, -0.1) is 0 Å². The van der Waals surface area contributed by atoms with Gasteiger partial charge >= 0.3 is 6.03 Å². The predicted molar refractivity (Wildman–Crippen MR) is 63.4 cm³/mol. The number of hydrogen-bond donors (Lipinski definition) is 1. The molecule has 98 valence electrons. The van der Waals surface area contributed by atoms with Crippen LogP contribution < -0.4 is 5.32 Å². The summed E-state index contributed by atoms with van der Waals surface area (Å²) < 4.78 is 0. The molecule has 1 aliphatic heterocycles. The highest BCUT2D eigenvalue weighted by molar-refractivity contribution is 6.20. The third-order valence-electron chi connectivity index (χ3n) is 4.55. The van der Waals surface area contributed by atoms with E-state index in [9.17, 15) is 14.4 Å². The van der Waals surface area contributed by atoms with Gasteiger partial charge in [0.2, 0.25) is 11.8 Å². The van der Waals surface area contributed by atoms with Gasteiger partial charge in [-0.25, -0.2) is 4.79 Å². The van der Waals surface area contributed by atoms with Crippen molar-refractivity contribution in [2.24, 2.45) is 17.3 Å². The second-order valence-electron chi connectivity index (χ2n) is 6.04. The molecule has 0 radical (unpaired) electrons. The molecule has 1 N–H and O–H groups in total. The van der Waals surface area contributed by atoms with Gasteiger partial charge in [0.15, 0.2) is 0 Å². The Morgan fingerprint density at radius 3 is 2.56 bits per heavy atom. The molecule has 0 aromatic heterocycles. The van der Waals surface area contributed by atoms with Gasteiger partial charge in [-0.2, -0.15) is 0 Å². The van der Waals surface area contributed by atoms with Crippen LogP contribution in [0.15, 0.2) is 0 Å². The zero-order chi connectivity index (χ0) is 12.9. The molecule has 2 saturated carbocycles. The number of carbonyl (C=O) groups excluding carboxylic acids is 3. The van der Waals surface area contributed by atoms with E-state index in [1.54, 1.807) is 0 Å². The first-order valence-corrected chi connectivity index (χ1v) is 6.70. The maximum atomic E-state index is 12.2. The quantitative estimate of drug-likeness (QED) is 0.751. The molecule has 3 rings (SSSR count). The van der Waals surface area contributed by atoms with Crippen molar-refractivity contribution in [3.8, 4) is 0 Å². The molecule has 0 aromatic rings. The molecule has 2 unspecified atom stereocenters. The summed E-state index contributed by atoms with van der Waals surface area (Å²) in [6.07, 6.45) is 4.47. The van der Waals surface area contributed by atoms with Gasteiger partial charge < -0.3 is 0 Å². The van der Waals surface area contributed by atoms with Crippen molar-refractivity contribution < 1.29 is 14.4 Å². The molecule has 5 heteroatoms. The molecule has 2 atom stereocenters. The molecule has 18 heavy (non-hydrogen) atoms. The molecule has 3 fully saturated rings. The summed E-state index contributed by atoms with van der Waals surface area (Å²) in [6, 6.07) is -0.526. The number of urea groups is 1. The first-order valence-electron chi connectivity index (χ1n) is 6.70. The van der Waals surface area contributed by atoms with Crippen molar-refractivity contribution in [3.63, 3.8) is 0 Å². The number of nitrogens with zero attached hydrogens (tertiary/aromatic N) is 1. The topological polar surface area (TPSA) is 66.5 Å². The lowest BCUT2D eigenvalue weighted by Crippen LogP contribution is -2.59. The van der Waals surface area contributed by atoms with Crippen molar-refractivity contribution in [1.29, 1.82) is 0 Å². The van der Waals surface area contributed by atoms with Gasteiger partial charge in [-0.3, -0.25) is 19.8 Å². The average Bonchev–Trinajstić information content (AvgIpc) is 3.02. The monoisotopic (exact) mass is 250 g/mol. The Kier molecular flexibility index (Phi) is 2.47. The molecular weight excluding hydrogens is 232 g/mol. The molecule has 4 amide bonds. The van der Waals surface area contributed by atoms with Crippen LogP contribution in [-0.2, 0) is 9.59 Å². The van der Waals surface area contributed by atoms with E-state index in [0.717, 1.165) is 12.8 Å². The lowest BCUT2D eigenvalue weighted by Gasteiger charge is -2.31. The van der Waals surface area contributed by atoms with Crippen molar-refractivity contribution >= 4 is 17.8 Å². The molecule has 1 heterocycles. The largest absolute Gasteiger partial charge is 0.330 e. The summed E-state index contributed by atoms with van der Waals surface area (Å²) in [5.74, 6) is 0.414. The van der Waals surface area contributed by atoms with Gasteiger partial charge in [-0.1, -0.05) is 13.3 Å². The fraction of sp³-hybridized carbons (Fsp3) is 0.769. The van der Waals surface area contributed by atoms with Crippen LogP contribution in [-0.4, -0.2) is 29.3 Å². The summed E-state index contributed by atoms with van der Waals surface area (Å²) in [7, 11) is 0. The van der Waals surface area contributed by atoms with E-state index in [1.807, 2.05) is 0 Å². The lowest BCUT2D eigenvalue weighted by molar-refractivity contribution is -0.145. The van der Waals surface area contributed by atoms with Gasteiger partial charge in [0.1, 0.15) is 5.41 Å². The van der Waals surface area contributed by atoms with Crippen LogP contribution in [0.1, 0.15) is 39.0 Å². The molecule has 0 bridgehead atoms. The van der Waals surface area contributed by atoms with Crippen LogP contribution in [0, 0.1) is 17.3 Å². The second-order valence-corrected chi connectivity index (χ2v) is 6.04. The number of hydrogen-bond acceptors (Lipinski definition) is 3. The van der Waals surface area contributed by atoms with Crippen LogP contribution in [0.2, 0.25) is 0 Å². The SMILES string of the molecule is CC1CCC(CN2C(=O)NC(=O)C3(CC3)C2=O)C1. The standard InChI is InChI=1S/C13H18N2O3/c1-8-2-3-9(6-8)7-15-11(17)13(4-5-13)10(16)14-12(15)18/h8-9H,2-7H2,1H3,(H,14,16,18). The molecule has 5 nitrogen and oxygen atoms in total. The van der Waals surface area contributed by atoms with Crippen molar-refractivity contribution in [3.05, 3.63) is 0 Å². The third-order valence-corrected chi connectivity index (χ3v) is 4.55. The smallest absolute Gasteiger partial charge is 0.277 e. The Bertz CT molecular complexity index is 428. The maximum absolute atomic E-state index is 12.2. The summed E-state index contributed by atoms with van der Waals surface area (Å²) >= 11 is 0. The minimum absolute atomic E-state index is 0.268. The second kappa shape index (κ2) is 3.80. The van der Waals surface area contributed by atoms with E-state index in [0.29, 0.717) is 31.2 Å². The van der Waals surface area contributed by atoms with E-state index in [2.05, 4.69) is 12.2 Å². The average molecular weight is 250 g/mol. The van der Waals surface area contributed by atoms with E-state index >= 15 is 0 Å². The normalized spacial score (nSPS) is 34.1. The predicted octanol–water partition coefficient (Wildman–Crippen LogP) is 1.28. The Labute approximate surface area is 106 Å². The fourth-order valence-electron chi connectivity index (χ4n) is 3.21. The molecule has 0 aromatic carbocycles. The van der Waals surface area contributed by atoms with Crippen LogP contribution >= 0.6 is 0 Å². The number of barbiturate groups is 1. The van der Waals surface area contributed by atoms with Gasteiger partial charge in [0.25, 0.3) is 0 Å². The van der Waals surface area contributed by atoms with Gasteiger partial charge in [-0.05, 0) is 37.5 Å². The highest BCUT2D eigenvalue weighted by atomic mass is 16.2. The van der Waals surface area contributed by atoms with Crippen LogP contribution in [0.25, 0.3) is 0 Å². The highest BCUT2D eigenvalue weighted by Gasteiger charge is 2.62. The number of rotatable bonds is 2. The number of imide groups is 2. The van der Waals surface area contributed by atoms with E-state index in [1.165, 1.54) is 11.3 Å². The molecule has 1 saturated heterocycles. The zero-order valence-electron chi connectivity index (χ0n) is 10.6. The Balaban J connectivity index is 1.73. The number of carbonyl (C=O) groups is 3. The minimum Gasteiger partial charge on any atom is -0.277 e. The molecule has 1 spiro atoms. The van der Waals surface area contributed by atoms with Gasteiger partial charge in [0, 0.05) is 6.54 Å². The van der Waals surface area contributed by atoms with E-state index < -0.39 is 17.4 Å². The van der Waals surface area contributed by atoms with E-state index in [4.69, 9.17) is 0 Å². The summed E-state index contributed by atoms with van der Waals surface area (Å²) in [4.78, 5) is 36.9. The van der Waals surface area contributed by atoms with Crippen LogP contribution in [0.4, 0.5) is 4.79 Å². The lowest BCUT2D eigenvalue weighted by atomic mass is 9.99. The van der Waals surface area contributed by atoms with Gasteiger partial charge in [0.05, 0.1) is 0 Å². The summed E-state index contributed by atoms with van der Waals surface area (Å²) in [5.41, 5.74) is -0.891. The Morgan fingerprint density at radius 1 is 1.28 bits per heavy atom. The Morgan fingerprint density at radius 2 is 2.00 bits per heavy atom. The molecule has 2 aliphatic carbocycles. The van der Waals surface area contributed by atoms with Crippen molar-refractivity contribution in [2.75, 3.05) is 6.54 Å². The fourth-order valence-corrected chi connectivity index (χ4v) is 3.21. The maximum Gasteiger partial charge on any atom is 0.330 e. The first-order chi connectivity index (χ1) is 8.53. The Hall–Kier alpha value is -1.39. The van der Waals surface area contributed by atoms with Crippen molar-refractivity contribution in [1.82, 2.24) is 10.2 Å². The summed E-state index contributed by atoms with van der Waals surface area (Å²) in [6.45, 7) is 2.67. The summed E-state index contributed by atoms with van der Waals surface area (Å²) in [5, 5.41) is 2.32. The highest BCUT2D eigenvalue weighted by Crippen LogP contribution is 2.49. The minimum atomic E-state index is -0.891. The van der Waals surface area contributed by atoms with E-state index in [-0.39, 0.29) is 5.91 Å². The number of nitrogens with one attached hydrogen (secondary N) is 1. The molecule has 3 aliphatic rings.